The lowest BCUT2D eigenvalue weighted by atomic mass is 10.1. The summed E-state index contributed by atoms with van der Waals surface area (Å²) in [6.45, 7) is 4.98. The van der Waals surface area contributed by atoms with E-state index in [1.165, 1.54) is 0 Å². The number of nitrogens with two attached hydrogens (primary N) is 1. The molecule has 19 heavy (non-hydrogen) atoms. The summed E-state index contributed by atoms with van der Waals surface area (Å²) < 4.78 is 5.03. The third-order valence-corrected chi connectivity index (χ3v) is 3.01. The van der Waals surface area contributed by atoms with Crippen LogP contribution in [0.3, 0.4) is 0 Å². The minimum Gasteiger partial charge on any atom is -0.462 e. The molecular weight excluding hydrogens is 242 g/mol. The first-order valence-electron chi connectivity index (χ1n) is 6.42. The van der Waals surface area contributed by atoms with Crippen LogP contribution in [0.1, 0.15) is 24.2 Å². The van der Waals surface area contributed by atoms with Gasteiger partial charge in [-0.25, -0.2) is 4.79 Å². The molecule has 0 aromatic heterocycles. The highest BCUT2D eigenvalue weighted by Crippen LogP contribution is 2.20. The number of rotatable bonds is 6. The van der Waals surface area contributed by atoms with Gasteiger partial charge >= 0.3 is 5.97 Å². The lowest BCUT2D eigenvalue weighted by Crippen LogP contribution is -2.31. The second-order valence-electron chi connectivity index (χ2n) is 4.72. The van der Waals surface area contributed by atoms with Crippen molar-refractivity contribution in [3.63, 3.8) is 0 Å². The first-order valence-corrected chi connectivity index (χ1v) is 6.42. The molecule has 1 aromatic rings. The Balaban J connectivity index is 2.85. The Morgan fingerprint density at radius 1 is 1.47 bits per heavy atom. The van der Waals surface area contributed by atoms with Crippen LogP contribution in [-0.4, -0.2) is 44.2 Å². The van der Waals surface area contributed by atoms with Crippen molar-refractivity contribution >= 4 is 17.3 Å². The van der Waals surface area contributed by atoms with Gasteiger partial charge in [-0.3, -0.25) is 0 Å². The van der Waals surface area contributed by atoms with Crippen LogP contribution in [-0.2, 0) is 4.74 Å². The van der Waals surface area contributed by atoms with E-state index < -0.39 is 0 Å². The summed E-state index contributed by atoms with van der Waals surface area (Å²) in [4.78, 5) is 14.0. The fraction of sp³-hybridized carbons (Fsp3) is 0.500. The summed E-state index contributed by atoms with van der Waals surface area (Å²) in [5.41, 5.74) is 7.50. The topological polar surface area (TPSA) is 67.6 Å². The molecule has 3 N–H and O–H groups in total. The van der Waals surface area contributed by atoms with Gasteiger partial charge in [0.1, 0.15) is 0 Å². The zero-order valence-corrected chi connectivity index (χ0v) is 12.1. The molecule has 0 heterocycles. The van der Waals surface area contributed by atoms with Crippen molar-refractivity contribution in [3.05, 3.63) is 23.8 Å². The number of nitrogens with one attached hydrogen (secondary N) is 1. The summed E-state index contributed by atoms with van der Waals surface area (Å²) in [6, 6.07) is 5.57. The fourth-order valence-corrected chi connectivity index (χ4v) is 1.53. The molecule has 0 radical (unpaired) electrons. The summed E-state index contributed by atoms with van der Waals surface area (Å²) in [7, 11) is 4.03. The molecule has 0 aliphatic carbocycles. The second kappa shape index (κ2) is 6.99. The lowest BCUT2D eigenvalue weighted by molar-refractivity contribution is 0.0527. The van der Waals surface area contributed by atoms with Crippen LogP contribution < -0.4 is 11.1 Å². The Hall–Kier alpha value is -1.75. The number of carbonyl (C=O) groups excluding carboxylic acids is 1. The molecule has 5 nitrogen and oxygen atoms in total. The Labute approximate surface area is 114 Å². The van der Waals surface area contributed by atoms with Crippen LogP contribution in [0.2, 0.25) is 0 Å². The summed E-state index contributed by atoms with van der Waals surface area (Å²) in [5, 5.41) is 3.26. The molecular formula is C14H23N3O2. The van der Waals surface area contributed by atoms with Gasteiger partial charge in [0.05, 0.1) is 12.2 Å². The highest BCUT2D eigenvalue weighted by atomic mass is 16.5. The average Bonchev–Trinajstić information content (AvgIpc) is 2.36. The highest BCUT2D eigenvalue weighted by Gasteiger charge is 2.14. The van der Waals surface area contributed by atoms with Gasteiger partial charge in [0.2, 0.25) is 0 Å². The van der Waals surface area contributed by atoms with Gasteiger partial charge in [-0.15, -0.1) is 0 Å². The smallest absolute Gasteiger partial charge is 0.340 e. The van der Waals surface area contributed by atoms with Crippen molar-refractivity contribution in [1.29, 1.82) is 0 Å². The molecule has 5 heteroatoms. The number of carbonyl (C=O) groups is 1. The maximum Gasteiger partial charge on any atom is 0.340 e. The monoisotopic (exact) mass is 265 g/mol. The Kier molecular flexibility index (Phi) is 5.63. The van der Waals surface area contributed by atoms with Gasteiger partial charge < -0.3 is 20.7 Å². The molecule has 0 amide bonds. The van der Waals surface area contributed by atoms with Crippen molar-refractivity contribution in [2.45, 2.75) is 19.9 Å². The number of nitrogens with zero attached hydrogens (tertiary/aromatic N) is 1. The predicted molar refractivity (Wildman–Crippen MR) is 78.4 cm³/mol. The standard InChI is InChI=1S/C14H23N3O2/c1-5-19-14(18)12-8-11(15)6-7-13(12)16-9-10(2)17(3)4/h6-8,10,16H,5,9,15H2,1-4H3. The van der Waals surface area contributed by atoms with E-state index in [0.717, 1.165) is 12.2 Å². The predicted octanol–water partition coefficient (Wildman–Crippen LogP) is 1.81. The van der Waals surface area contributed by atoms with E-state index >= 15 is 0 Å². The van der Waals surface area contributed by atoms with Crippen molar-refractivity contribution in [3.8, 4) is 0 Å². The molecule has 106 valence electrons. The van der Waals surface area contributed by atoms with E-state index in [0.29, 0.717) is 23.9 Å². The number of likely N-dealkylation sites (N-methyl/N-ethyl adjacent to an activating group) is 1. The SMILES string of the molecule is CCOC(=O)c1cc(N)ccc1NCC(C)N(C)C. The fourth-order valence-electron chi connectivity index (χ4n) is 1.53. The van der Waals surface area contributed by atoms with Crippen molar-refractivity contribution in [2.75, 3.05) is 38.3 Å². The van der Waals surface area contributed by atoms with Gasteiger partial charge in [0.15, 0.2) is 0 Å². The number of ether oxygens (including phenoxy) is 1. The molecule has 0 saturated heterocycles. The normalized spacial score (nSPS) is 12.3. The van der Waals surface area contributed by atoms with E-state index in [2.05, 4.69) is 17.1 Å². The quantitative estimate of drug-likeness (QED) is 0.606. The van der Waals surface area contributed by atoms with E-state index in [9.17, 15) is 4.79 Å². The summed E-state index contributed by atoms with van der Waals surface area (Å²) in [5.74, 6) is -0.352. The highest BCUT2D eigenvalue weighted by molar-refractivity contribution is 5.96. The molecule has 0 saturated carbocycles. The third kappa shape index (κ3) is 4.44. The van der Waals surface area contributed by atoms with Gasteiger partial charge in [-0.1, -0.05) is 0 Å². The number of nitrogen functional groups attached to an aromatic ring is 1. The molecule has 0 spiro atoms. The second-order valence-corrected chi connectivity index (χ2v) is 4.72. The Morgan fingerprint density at radius 3 is 2.74 bits per heavy atom. The van der Waals surface area contributed by atoms with E-state index in [1.54, 1.807) is 19.1 Å². The molecule has 0 bridgehead atoms. The molecule has 0 aliphatic rings. The maximum atomic E-state index is 11.9. The molecule has 0 fully saturated rings. The van der Waals surface area contributed by atoms with E-state index in [4.69, 9.17) is 10.5 Å². The molecule has 0 aliphatic heterocycles. The molecule has 1 aromatic carbocycles. The largest absolute Gasteiger partial charge is 0.462 e. The van der Waals surface area contributed by atoms with E-state index in [-0.39, 0.29) is 5.97 Å². The summed E-state index contributed by atoms with van der Waals surface area (Å²) >= 11 is 0. The minimum atomic E-state index is -0.352. The Morgan fingerprint density at radius 2 is 2.16 bits per heavy atom. The first-order chi connectivity index (χ1) is 8.95. The van der Waals surface area contributed by atoms with Gasteiger partial charge in [0.25, 0.3) is 0 Å². The number of anilines is 2. The van der Waals surface area contributed by atoms with Crippen LogP contribution in [0.15, 0.2) is 18.2 Å². The number of benzene rings is 1. The number of esters is 1. The zero-order chi connectivity index (χ0) is 14.4. The van der Waals surface area contributed by atoms with Gasteiger partial charge in [-0.05, 0) is 46.1 Å². The van der Waals surface area contributed by atoms with Crippen LogP contribution >= 0.6 is 0 Å². The third-order valence-electron chi connectivity index (χ3n) is 3.01. The van der Waals surface area contributed by atoms with Crippen molar-refractivity contribution < 1.29 is 9.53 Å². The van der Waals surface area contributed by atoms with Crippen molar-refractivity contribution in [2.24, 2.45) is 0 Å². The van der Waals surface area contributed by atoms with Gasteiger partial charge in [0, 0.05) is 24.0 Å². The van der Waals surface area contributed by atoms with Gasteiger partial charge in [-0.2, -0.15) is 0 Å². The molecule has 1 unspecified atom stereocenters. The molecule has 1 atom stereocenters. The summed E-state index contributed by atoms with van der Waals surface area (Å²) in [6.07, 6.45) is 0. The minimum absolute atomic E-state index is 0.348. The number of hydrogen-bond donors (Lipinski definition) is 2. The van der Waals surface area contributed by atoms with Crippen LogP contribution in [0.5, 0.6) is 0 Å². The van der Waals surface area contributed by atoms with Crippen LogP contribution in [0, 0.1) is 0 Å². The van der Waals surface area contributed by atoms with Crippen molar-refractivity contribution in [1.82, 2.24) is 4.90 Å². The maximum absolute atomic E-state index is 11.9. The Bertz CT molecular complexity index is 433. The van der Waals surface area contributed by atoms with Crippen LogP contribution in [0.25, 0.3) is 0 Å². The van der Waals surface area contributed by atoms with E-state index in [1.807, 2.05) is 20.2 Å². The average molecular weight is 265 g/mol. The zero-order valence-electron chi connectivity index (χ0n) is 12.1. The first kappa shape index (κ1) is 15.3. The number of hydrogen-bond acceptors (Lipinski definition) is 5. The molecule has 1 rings (SSSR count). The van der Waals surface area contributed by atoms with Crippen LogP contribution in [0.4, 0.5) is 11.4 Å². The lowest BCUT2D eigenvalue weighted by Gasteiger charge is -2.21.